The smallest absolute Gasteiger partial charge is 0.416 e. The number of methoxy groups -OCH3 is 1. The minimum absolute atomic E-state index is 0.00862. The highest BCUT2D eigenvalue weighted by Crippen LogP contribution is 2.34. The number of nitrogens with one attached hydrogen (secondary N) is 1. The van der Waals surface area contributed by atoms with Crippen molar-refractivity contribution in [3.63, 3.8) is 0 Å². The number of para-hydroxylation sites is 1. The number of aromatic nitrogens is 2. The third kappa shape index (κ3) is 6.16. The Balaban J connectivity index is 1.85. The molecule has 0 aliphatic rings. The molecule has 12 heteroatoms. The lowest BCUT2D eigenvalue weighted by molar-refractivity contribution is -0.137. The van der Waals surface area contributed by atoms with Gasteiger partial charge in [0, 0.05) is 0 Å². The van der Waals surface area contributed by atoms with Crippen molar-refractivity contribution in [2.24, 2.45) is 0 Å². The molecule has 0 aliphatic heterocycles. The van der Waals surface area contributed by atoms with Crippen molar-refractivity contribution in [3.8, 4) is 17.2 Å². The highest BCUT2D eigenvalue weighted by molar-refractivity contribution is 5.94. The van der Waals surface area contributed by atoms with Gasteiger partial charge in [0.1, 0.15) is 5.75 Å². The molecule has 1 N–H and O–H groups in total. The number of anilines is 1. The average Bonchev–Trinajstić information content (AvgIpc) is 2.82. The molecule has 184 valence electrons. The molecule has 9 nitrogen and oxygen atoms in total. The molecule has 0 atom stereocenters. The van der Waals surface area contributed by atoms with Crippen molar-refractivity contribution in [2.45, 2.75) is 13.1 Å². The molecule has 3 rings (SSSR count). The third-order valence-corrected chi connectivity index (χ3v) is 4.53. The number of hydrogen-bond donors (Lipinski definition) is 1. The number of benzene rings is 2. The summed E-state index contributed by atoms with van der Waals surface area (Å²) in [5, 5.41) is 6.28. The fourth-order valence-electron chi connectivity index (χ4n) is 2.96. The first-order valence-corrected chi connectivity index (χ1v) is 10.2. The molecular weight excluding hydrogens is 471 g/mol. The summed E-state index contributed by atoms with van der Waals surface area (Å²) >= 11 is 0. The van der Waals surface area contributed by atoms with Gasteiger partial charge in [-0.25, -0.2) is 4.79 Å². The highest BCUT2D eigenvalue weighted by atomic mass is 19.4. The Morgan fingerprint density at radius 3 is 2.40 bits per heavy atom. The lowest BCUT2D eigenvalue weighted by atomic mass is 10.1. The van der Waals surface area contributed by atoms with Crippen LogP contribution in [-0.4, -0.2) is 42.0 Å². The van der Waals surface area contributed by atoms with Crippen molar-refractivity contribution in [3.05, 3.63) is 76.2 Å². The van der Waals surface area contributed by atoms with Gasteiger partial charge in [-0.2, -0.15) is 23.0 Å². The predicted octanol–water partition coefficient (Wildman–Crippen LogP) is 3.45. The van der Waals surface area contributed by atoms with Crippen LogP contribution in [0.4, 0.5) is 18.9 Å². The molecule has 0 radical (unpaired) electrons. The van der Waals surface area contributed by atoms with Gasteiger partial charge in [0.2, 0.25) is 5.69 Å². The van der Waals surface area contributed by atoms with E-state index in [1.165, 1.54) is 7.11 Å². The average molecular weight is 491 g/mol. The molecule has 1 heterocycles. The van der Waals surface area contributed by atoms with Gasteiger partial charge in [-0.3, -0.25) is 9.59 Å². The maximum absolute atomic E-state index is 13.0. The minimum atomic E-state index is -4.63. The second kappa shape index (κ2) is 10.7. The van der Waals surface area contributed by atoms with Gasteiger partial charge in [0.15, 0.2) is 12.4 Å². The number of carbonyl (C=O) groups is 2. The van der Waals surface area contributed by atoms with E-state index in [4.69, 9.17) is 14.2 Å². The topological polar surface area (TPSA) is 109 Å². The maximum atomic E-state index is 13.0. The van der Waals surface area contributed by atoms with Gasteiger partial charge in [0.05, 0.1) is 36.7 Å². The molecule has 1 amide bonds. The molecule has 3 aromatic rings. The van der Waals surface area contributed by atoms with E-state index in [9.17, 15) is 27.6 Å². The van der Waals surface area contributed by atoms with Crippen LogP contribution in [0.25, 0.3) is 5.69 Å². The summed E-state index contributed by atoms with van der Waals surface area (Å²) in [6.07, 6.45) is -4.63. The van der Waals surface area contributed by atoms with E-state index >= 15 is 0 Å². The maximum Gasteiger partial charge on any atom is 0.416 e. The third-order valence-electron chi connectivity index (χ3n) is 4.53. The molecule has 0 aliphatic carbocycles. The highest BCUT2D eigenvalue weighted by Gasteiger charge is 2.31. The van der Waals surface area contributed by atoms with Gasteiger partial charge in [-0.05, 0) is 37.3 Å². The summed E-state index contributed by atoms with van der Waals surface area (Å²) in [6, 6.07) is 11.8. The molecular formula is C23H20F3N3O6. The first kappa shape index (κ1) is 25.3. The fourth-order valence-corrected chi connectivity index (χ4v) is 2.96. The van der Waals surface area contributed by atoms with Crippen LogP contribution in [0.2, 0.25) is 0 Å². The molecule has 0 bridgehead atoms. The van der Waals surface area contributed by atoms with Gasteiger partial charge in [0.25, 0.3) is 11.5 Å². The number of ether oxygens (including phenoxy) is 3. The number of halogens is 3. The minimum Gasteiger partial charge on any atom is -0.495 e. The molecule has 0 saturated carbocycles. The van der Waals surface area contributed by atoms with E-state index in [0.29, 0.717) is 11.8 Å². The Morgan fingerprint density at radius 2 is 1.77 bits per heavy atom. The fraction of sp³-hybridized carbons (Fsp3) is 0.217. The van der Waals surface area contributed by atoms with Crippen LogP contribution in [-0.2, 0) is 15.7 Å². The zero-order valence-corrected chi connectivity index (χ0v) is 18.6. The summed E-state index contributed by atoms with van der Waals surface area (Å²) in [5.41, 5.74) is -1.87. The lowest BCUT2D eigenvalue weighted by Gasteiger charge is -2.15. The largest absolute Gasteiger partial charge is 0.495 e. The molecule has 0 spiro atoms. The first-order valence-electron chi connectivity index (χ1n) is 10.2. The van der Waals surface area contributed by atoms with Crippen LogP contribution in [0.15, 0.2) is 59.4 Å². The van der Waals surface area contributed by atoms with E-state index in [1.807, 2.05) is 0 Å². The van der Waals surface area contributed by atoms with E-state index in [1.54, 1.807) is 37.3 Å². The summed E-state index contributed by atoms with van der Waals surface area (Å²) in [6.45, 7) is 0.837. The standard InChI is InChI=1S/C23H20F3N3O6/c1-3-34-22(32)21-18(12-20(31)29(28-21)15-7-5-4-6-8-15)35-13-19(30)27-16-11-14(23(24,25)26)9-10-17(16)33-2/h4-12H,3,13H2,1-2H3,(H,27,30). The number of alkyl halides is 3. The number of carbonyl (C=O) groups excluding carboxylic acids is 2. The predicted molar refractivity (Wildman–Crippen MR) is 118 cm³/mol. The van der Waals surface area contributed by atoms with Crippen LogP contribution < -0.4 is 20.3 Å². The van der Waals surface area contributed by atoms with Crippen LogP contribution >= 0.6 is 0 Å². The lowest BCUT2D eigenvalue weighted by Crippen LogP contribution is -2.27. The van der Waals surface area contributed by atoms with Gasteiger partial charge in [-0.15, -0.1) is 0 Å². The van der Waals surface area contributed by atoms with E-state index in [2.05, 4.69) is 10.4 Å². The number of esters is 1. The second-order valence-electron chi connectivity index (χ2n) is 6.91. The van der Waals surface area contributed by atoms with E-state index in [-0.39, 0.29) is 29.5 Å². The van der Waals surface area contributed by atoms with Crippen LogP contribution in [0.1, 0.15) is 23.0 Å². The van der Waals surface area contributed by atoms with Gasteiger partial charge >= 0.3 is 12.1 Å². The van der Waals surface area contributed by atoms with Crippen LogP contribution in [0, 0.1) is 0 Å². The molecule has 35 heavy (non-hydrogen) atoms. The Hall–Kier alpha value is -4.35. The monoisotopic (exact) mass is 491 g/mol. The zero-order valence-electron chi connectivity index (χ0n) is 18.6. The summed E-state index contributed by atoms with van der Waals surface area (Å²) in [4.78, 5) is 37.4. The molecule has 1 aromatic heterocycles. The van der Waals surface area contributed by atoms with Crippen molar-refractivity contribution in [1.82, 2.24) is 9.78 Å². The van der Waals surface area contributed by atoms with E-state index < -0.39 is 35.8 Å². The second-order valence-corrected chi connectivity index (χ2v) is 6.91. The summed E-state index contributed by atoms with van der Waals surface area (Å²) in [7, 11) is 1.23. The van der Waals surface area contributed by atoms with Crippen LogP contribution in [0.3, 0.4) is 0 Å². The summed E-state index contributed by atoms with van der Waals surface area (Å²) < 4.78 is 55.3. The Kier molecular flexibility index (Phi) is 7.74. The number of rotatable bonds is 8. The van der Waals surface area contributed by atoms with Crippen molar-refractivity contribution < 1.29 is 37.0 Å². The van der Waals surface area contributed by atoms with Crippen molar-refractivity contribution in [1.29, 1.82) is 0 Å². The number of hydrogen-bond acceptors (Lipinski definition) is 7. The Morgan fingerprint density at radius 1 is 1.06 bits per heavy atom. The van der Waals surface area contributed by atoms with Crippen LogP contribution in [0.5, 0.6) is 11.5 Å². The van der Waals surface area contributed by atoms with Gasteiger partial charge < -0.3 is 19.5 Å². The number of amides is 1. The van der Waals surface area contributed by atoms with Crippen molar-refractivity contribution >= 4 is 17.6 Å². The summed E-state index contributed by atoms with van der Waals surface area (Å²) in [5.74, 6) is -2.10. The van der Waals surface area contributed by atoms with Gasteiger partial charge in [-0.1, -0.05) is 18.2 Å². The first-order chi connectivity index (χ1) is 16.6. The normalized spacial score (nSPS) is 11.0. The quantitative estimate of drug-likeness (QED) is 0.481. The molecule has 0 saturated heterocycles. The zero-order chi connectivity index (χ0) is 25.6. The Labute approximate surface area is 197 Å². The number of nitrogens with zero attached hydrogens (tertiary/aromatic N) is 2. The SMILES string of the molecule is CCOC(=O)c1nn(-c2ccccc2)c(=O)cc1OCC(=O)Nc1cc(C(F)(F)F)ccc1OC. The van der Waals surface area contributed by atoms with Crippen molar-refractivity contribution in [2.75, 3.05) is 25.6 Å². The molecule has 2 aromatic carbocycles. The van der Waals surface area contributed by atoms with E-state index in [0.717, 1.165) is 22.9 Å². The molecule has 0 fully saturated rings. The molecule has 0 unspecified atom stereocenters. The Bertz CT molecular complexity index is 1280.